The van der Waals surface area contributed by atoms with Crippen molar-refractivity contribution in [3.63, 3.8) is 0 Å². The minimum Gasteiger partial charge on any atom is -0.308 e. The Morgan fingerprint density at radius 1 is 1.40 bits per heavy atom. The van der Waals surface area contributed by atoms with Crippen molar-refractivity contribution in [2.24, 2.45) is 5.92 Å². The molecular formula is C12H19N3. The summed E-state index contributed by atoms with van der Waals surface area (Å²) >= 11 is 0. The molecule has 0 radical (unpaired) electrons. The van der Waals surface area contributed by atoms with Crippen LogP contribution in [0.15, 0.2) is 18.6 Å². The predicted molar refractivity (Wildman–Crippen MR) is 60.3 cm³/mol. The molecule has 3 heteroatoms. The molecule has 0 bridgehead atoms. The van der Waals surface area contributed by atoms with E-state index < -0.39 is 0 Å². The highest BCUT2D eigenvalue weighted by Crippen LogP contribution is 2.23. The third-order valence-corrected chi connectivity index (χ3v) is 3.30. The van der Waals surface area contributed by atoms with Crippen LogP contribution in [-0.2, 0) is 6.54 Å². The van der Waals surface area contributed by atoms with Crippen molar-refractivity contribution >= 4 is 0 Å². The van der Waals surface area contributed by atoms with E-state index in [2.05, 4.69) is 22.2 Å². The van der Waals surface area contributed by atoms with Crippen molar-refractivity contribution in [1.82, 2.24) is 15.3 Å². The fourth-order valence-electron chi connectivity index (χ4n) is 2.28. The maximum absolute atomic E-state index is 4.21. The number of hydrogen-bond donors (Lipinski definition) is 1. The molecule has 15 heavy (non-hydrogen) atoms. The van der Waals surface area contributed by atoms with E-state index in [-0.39, 0.29) is 0 Å². The van der Waals surface area contributed by atoms with Gasteiger partial charge in [0.1, 0.15) is 6.33 Å². The van der Waals surface area contributed by atoms with Gasteiger partial charge < -0.3 is 5.32 Å². The molecule has 1 aromatic heterocycles. The number of aromatic nitrogens is 2. The Bertz CT molecular complexity index is 286. The minimum atomic E-state index is 0.675. The van der Waals surface area contributed by atoms with Gasteiger partial charge in [-0.05, 0) is 24.8 Å². The van der Waals surface area contributed by atoms with Gasteiger partial charge in [-0.1, -0.05) is 19.8 Å². The molecular weight excluding hydrogens is 186 g/mol. The summed E-state index contributed by atoms with van der Waals surface area (Å²) in [5.74, 6) is 0.806. The van der Waals surface area contributed by atoms with Gasteiger partial charge in [-0.15, -0.1) is 0 Å². The fraction of sp³-hybridized carbons (Fsp3) is 0.667. The van der Waals surface area contributed by atoms with Crippen LogP contribution >= 0.6 is 0 Å². The Morgan fingerprint density at radius 3 is 3.00 bits per heavy atom. The summed E-state index contributed by atoms with van der Waals surface area (Å²) in [6.45, 7) is 3.22. The van der Waals surface area contributed by atoms with Crippen molar-refractivity contribution in [2.75, 3.05) is 0 Å². The topological polar surface area (TPSA) is 37.8 Å². The maximum atomic E-state index is 4.21. The van der Waals surface area contributed by atoms with Crippen molar-refractivity contribution in [2.45, 2.75) is 45.2 Å². The van der Waals surface area contributed by atoms with Crippen molar-refractivity contribution in [3.05, 3.63) is 24.3 Å². The van der Waals surface area contributed by atoms with Gasteiger partial charge in [0.15, 0.2) is 0 Å². The molecule has 3 nitrogen and oxygen atoms in total. The van der Waals surface area contributed by atoms with E-state index in [0.29, 0.717) is 6.04 Å². The van der Waals surface area contributed by atoms with Crippen LogP contribution < -0.4 is 5.32 Å². The Balaban J connectivity index is 1.82. The summed E-state index contributed by atoms with van der Waals surface area (Å²) in [4.78, 5) is 8.13. The first kappa shape index (κ1) is 10.6. The third kappa shape index (κ3) is 2.99. The lowest BCUT2D eigenvalue weighted by Gasteiger charge is -2.29. The van der Waals surface area contributed by atoms with Crippen LogP contribution in [0.3, 0.4) is 0 Å². The molecule has 1 N–H and O–H groups in total. The zero-order valence-electron chi connectivity index (χ0n) is 9.32. The average molecular weight is 205 g/mol. The highest BCUT2D eigenvalue weighted by atomic mass is 14.9. The molecule has 0 saturated heterocycles. The first-order valence-electron chi connectivity index (χ1n) is 5.84. The van der Waals surface area contributed by atoms with Crippen LogP contribution in [0.1, 0.15) is 38.3 Å². The van der Waals surface area contributed by atoms with Gasteiger partial charge in [0.25, 0.3) is 0 Å². The molecule has 0 spiro atoms. The second-order valence-electron chi connectivity index (χ2n) is 4.45. The summed E-state index contributed by atoms with van der Waals surface area (Å²) in [6.07, 6.45) is 8.85. The van der Waals surface area contributed by atoms with Gasteiger partial charge in [-0.2, -0.15) is 0 Å². The van der Waals surface area contributed by atoms with E-state index in [0.717, 1.165) is 18.2 Å². The summed E-state index contributed by atoms with van der Waals surface area (Å²) in [5, 5.41) is 3.60. The number of rotatable bonds is 3. The summed E-state index contributed by atoms with van der Waals surface area (Å²) in [6, 6.07) is 2.65. The first-order chi connectivity index (χ1) is 7.36. The second kappa shape index (κ2) is 5.21. The highest BCUT2D eigenvalue weighted by molar-refractivity contribution is 4.97. The quantitative estimate of drug-likeness (QED) is 0.821. The zero-order chi connectivity index (χ0) is 10.5. The van der Waals surface area contributed by atoms with Crippen LogP contribution in [0.5, 0.6) is 0 Å². The number of nitrogens with one attached hydrogen (secondary N) is 1. The van der Waals surface area contributed by atoms with Gasteiger partial charge in [0, 0.05) is 18.8 Å². The van der Waals surface area contributed by atoms with Crippen LogP contribution in [0.25, 0.3) is 0 Å². The molecule has 82 valence electrons. The predicted octanol–water partition coefficient (Wildman–Crippen LogP) is 2.14. The second-order valence-corrected chi connectivity index (χ2v) is 4.45. The van der Waals surface area contributed by atoms with E-state index in [4.69, 9.17) is 0 Å². The van der Waals surface area contributed by atoms with Crippen LogP contribution in [0.2, 0.25) is 0 Å². The van der Waals surface area contributed by atoms with E-state index in [1.54, 1.807) is 12.5 Å². The molecule has 0 aromatic carbocycles. The molecule has 0 amide bonds. The largest absolute Gasteiger partial charge is 0.308 e. The summed E-state index contributed by atoms with van der Waals surface area (Å²) in [7, 11) is 0. The lowest BCUT2D eigenvalue weighted by molar-refractivity contribution is 0.278. The molecule has 2 unspecified atom stereocenters. The van der Waals surface area contributed by atoms with Crippen molar-refractivity contribution in [3.8, 4) is 0 Å². The smallest absolute Gasteiger partial charge is 0.115 e. The molecule has 2 rings (SSSR count). The molecule has 1 aromatic rings. The van der Waals surface area contributed by atoms with E-state index in [1.807, 2.05) is 6.07 Å². The van der Waals surface area contributed by atoms with Crippen molar-refractivity contribution < 1.29 is 0 Å². The Kier molecular flexibility index (Phi) is 3.67. The van der Waals surface area contributed by atoms with Gasteiger partial charge in [0.2, 0.25) is 0 Å². The average Bonchev–Trinajstić information content (AvgIpc) is 2.29. The van der Waals surface area contributed by atoms with Gasteiger partial charge in [0.05, 0.1) is 5.69 Å². The van der Waals surface area contributed by atoms with E-state index in [9.17, 15) is 0 Å². The van der Waals surface area contributed by atoms with Gasteiger partial charge in [-0.3, -0.25) is 0 Å². The SMILES string of the molecule is CC1CCCCC1NCc1ccncn1. The molecule has 2 atom stereocenters. The minimum absolute atomic E-state index is 0.675. The number of hydrogen-bond acceptors (Lipinski definition) is 3. The van der Waals surface area contributed by atoms with Crippen LogP contribution in [-0.4, -0.2) is 16.0 Å². The Hall–Kier alpha value is -0.960. The molecule has 1 saturated carbocycles. The normalized spacial score (nSPS) is 26.5. The lowest BCUT2D eigenvalue weighted by Crippen LogP contribution is -2.36. The Labute approximate surface area is 91.3 Å². The molecule has 1 fully saturated rings. The third-order valence-electron chi connectivity index (χ3n) is 3.30. The molecule has 1 aliphatic carbocycles. The maximum Gasteiger partial charge on any atom is 0.115 e. The Morgan fingerprint density at radius 2 is 2.27 bits per heavy atom. The summed E-state index contributed by atoms with van der Waals surface area (Å²) < 4.78 is 0. The first-order valence-corrected chi connectivity index (χ1v) is 5.84. The van der Waals surface area contributed by atoms with Crippen molar-refractivity contribution in [1.29, 1.82) is 0 Å². The van der Waals surface area contributed by atoms with Gasteiger partial charge >= 0.3 is 0 Å². The zero-order valence-corrected chi connectivity index (χ0v) is 9.32. The van der Waals surface area contributed by atoms with E-state index >= 15 is 0 Å². The lowest BCUT2D eigenvalue weighted by atomic mass is 9.86. The highest BCUT2D eigenvalue weighted by Gasteiger charge is 2.20. The fourth-order valence-corrected chi connectivity index (χ4v) is 2.28. The summed E-state index contributed by atoms with van der Waals surface area (Å²) in [5.41, 5.74) is 1.09. The molecule has 1 aliphatic rings. The van der Waals surface area contributed by atoms with E-state index in [1.165, 1.54) is 25.7 Å². The standard InChI is InChI=1S/C12H19N3/c1-10-4-2-3-5-12(10)14-8-11-6-7-13-9-15-11/h6-7,9-10,12,14H,2-5,8H2,1H3. The molecule has 0 aliphatic heterocycles. The van der Waals surface area contributed by atoms with Gasteiger partial charge in [-0.25, -0.2) is 9.97 Å². The van der Waals surface area contributed by atoms with Crippen LogP contribution in [0.4, 0.5) is 0 Å². The monoisotopic (exact) mass is 205 g/mol. The number of nitrogens with zero attached hydrogens (tertiary/aromatic N) is 2. The van der Waals surface area contributed by atoms with Crippen LogP contribution in [0, 0.1) is 5.92 Å². The molecule has 1 heterocycles.